The van der Waals surface area contributed by atoms with Crippen molar-refractivity contribution in [1.82, 2.24) is 0 Å². The molecule has 0 atom stereocenters. The van der Waals surface area contributed by atoms with Crippen LogP contribution in [-0.4, -0.2) is 27.2 Å². The molecule has 0 aliphatic heterocycles. The summed E-state index contributed by atoms with van der Waals surface area (Å²) in [5.74, 6) is -0.341. The molecule has 6 nitrogen and oxygen atoms in total. The number of halogens is 1. The molecular formula is C19H18BrNO5S. The third-order valence-electron chi connectivity index (χ3n) is 3.80. The maximum atomic E-state index is 12.9. The van der Waals surface area contributed by atoms with Gasteiger partial charge in [0.1, 0.15) is 11.3 Å². The van der Waals surface area contributed by atoms with Crippen LogP contribution in [0.15, 0.2) is 51.4 Å². The number of carbonyl (C=O) groups excluding carboxylic acids is 1. The third-order valence-corrected chi connectivity index (χ3v) is 5.11. The number of hydrogen-bond acceptors (Lipinski definition) is 5. The summed E-state index contributed by atoms with van der Waals surface area (Å²) in [6.45, 7) is 2.28. The fourth-order valence-electron chi connectivity index (χ4n) is 2.75. The van der Waals surface area contributed by atoms with Gasteiger partial charge < -0.3 is 14.5 Å². The lowest BCUT2D eigenvalue weighted by molar-refractivity contribution is 0.0997. The standard InChI is InChI=1S/C19H18BrNO5S/c1-3-25-17-9-8-12(20)10-15(17)21-19(22)18-14(11-27(2,23)24)13-6-4-5-7-16(13)26-18/h4-10H,3,11H2,1-2H3,(H,21,22). The first kappa shape index (κ1) is 19.4. The lowest BCUT2D eigenvalue weighted by Crippen LogP contribution is -2.15. The minimum atomic E-state index is -3.36. The Balaban J connectivity index is 2.04. The van der Waals surface area contributed by atoms with Crippen molar-refractivity contribution in [3.8, 4) is 5.75 Å². The van der Waals surface area contributed by atoms with E-state index >= 15 is 0 Å². The molecule has 2 aromatic carbocycles. The normalized spacial score (nSPS) is 11.5. The number of rotatable bonds is 6. The number of hydrogen-bond donors (Lipinski definition) is 1. The van der Waals surface area contributed by atoms with Crippen LogP contribution in [0.4, 0.5) is 5.69 Å². The van der Waals surface area contributed by atoms with Crippen molar-refractivity contribution in [2.24, 2.45) is 0 Å². The summed E-state index contributed by atoms with van der Waals surface area (Å²) < 4.78 is 35.7. The predicted octanol–water partition coefficient (Wildman–Crippen LogP) is 4.39. The Morgan fingerprint density at radius 1 is 1.22 bits per heavy atom. The maximum absolute atomic E-state index is 12.9. The van der Waals surface area contributed by atoms with Crippen LogP contribution >= 0.6 is 15.9 Å². The summed E-state index contributed by atoms with van der Waals surface area (Å²) in [5.41, 5.74) is 1.26. The highest BCUT2D eigenvalue weighted by molar-refractivity contribution is 9.10. The average molecular weight is 452 g/mol. The number of sulfone groups is 1. The summed E-state index contributed by atoms with van der Waals surface area (Å²) >= 11 is 3.37. The molecule has 0 fully saturated rings. The topological polar surface area (TPSA) is 85.6 Å². The number of fused-ring (bicyclic) bond motifs is 1. The first-order chi connectivity index (χ1) is 12.8. The van der Waals surface area contributed by atoms with Crippen LogP contribution in [0.3, 0.4) is 0 Å². The Bertz CT molecular complexity index is 1100. The highest BCUT2D eigenvalue weighted by atomic mass is 79.9. The van der Waals surface area contributed by atoms with Gasteiger partial charge >= 0.3 is 0 Å². The molecule has 1 amide bonds. The molecule has 27 heavy (non-hydrogen) atoms. The molecule has 0 saturated carbocycles. The van der Waals surface area contributed by atoms with Gasteiger partial charge in [-0.1, -0.05) is 34.1 Å². The van der Waals surface area contributed by atoms with E-state index in [1.165, 1.54) is 0 Å². The minimum Gasteiger partial charge on any atom is -0.492 e. The van der Waals surface area contributed by atoms with Crippen LogP contribution in [0.2, 0.25) is 0 Å². The van der Waals surface area contributed by atoms with Crippen LogP contribution in [0.1, 0.15) is 23.0 Å². The maximum Gasteiger partial charge on any atom is 0.291 e. The molecule has 0 radical (unpaired) electrons. The molecule has 0 aliphatic carbocycles. The van der Waals surface area contributed by atoms with E-state index in [9.17, 15) is 13.2 Å². The lowest BCUT2D eigenvalue weighted by atomic mass is 10.1. The van der Waals surface area contributed by atoms with Crippen molar-refractivity contribution < 1.29 is 22.4 Å². The Hall–Kier alpha value is -2.32. The fourth-order valence-corrected chi connectivity index (χ4v) is 3.92. The van der Waals surface area contributed by atoms with E-state index in [1.54, 1.807) is 42.5 Å². The Morgan fingerprint density at radius 2 is 1.96 bits per heavy atom. The molecule has 0 aliphatic rings. The average Bonchev–Trinajstić information content (AvgIpc) is 2.94. The smallest absolute Gasteiger partial charge is 0.291 e. The number of furan rings is 1. The summed E-state index contributed by atoms with van der Waals surface area (Å²) in [7, 11) is -3.36. The van der Waals surface area contributed by atoms with Crippen LogP contribution in [0.25, 0.3) is 11.0 Å². The summed E-state index contributed by atoms with van der Waals surface area (Å²) in [6.07, 6.45) is 1.12. The van der Waals surface area contributed by atoms with Crippen molar-refractivity contribution in [2.45, 2.75) is 12.7 Å². The molecule has 1 N–H and O–H groups in total. The molecule has 0 unspecified atom stereocenters. The number of anilines is 1. The lowest BCUT2D eigenvalue weighted by Gasteiger charge is -2.11. The SMILES string of the molecule is CCOc1ccc(Br)cc1NC(=O)c1oc2ccccc2c1CS(C)(=O)=O. The molecule has 0 spiro atoms. The van der Waals surface area contributed by atoms with Crippen LogP contribution in [0.5, 0.6) is 5.75 Å². The van der Waals surface area contributed by atoms with Gasteiger partial charge in [-0.25, -0.2) is 8.42 Å². The van der Waals surface area contributed by atoms with E-state index in [1.807, 2.05) is 6.92 Å². The Morgan fingerprint density at radius 3 is 2.67 bits per heavy atom. The number of para-hydroxylation sites is 1. The van der Waals surface area contributed by atoms with Gasteiger partial charge in [0.2, 0.25) is 0 Å². The molecule has 1 heterocycles. The molecule has 142 valence electrons. The van der Waals surface area contributed by atoms with Gasteiger partial charge in [-0.15, -0.1) is 0 Å². The second-order valence-electron chi connectivity index (χ2n) is 6.00. The second-order valence-corrected chi connectivity index (χ2v) is 9.06. The second kappa shape index (κ2) is 7.74. The predicted molar refractivity (Wildman–Crippen MR) is 108 cm³/mol. The third kappa shape index (κ3) is 4.51. The Kier molecular flexibility index (Phi) is 5.57. The summed E-state index contributed by atoms with van der Waals surface area (Å²) in [6, 6.07) is 12.2. The first-order valence-corrected chi connectivity index (χ1v) is 11.1. The van der Waals surface area contributed by atoms with Crippen LogP contribution in [-0.2, 0) is 15.6 Å². The monoisotopic (exact) mass is 451 g/mol. The first-order valence-electron chi connectivity index (χ1n) is 8.20. The number of ether oxygens (including phenoxy) is 1. The molecular weight excluding hydrogens is 434 g/mol. The van der Waals surface area contributed by atoms with Gasteiger partial charge in [0.25, 0.3) is 5.91 Å². The summed E-state index contributed by atoms with van der Waals surface area (Å²) in [5, 5.41) is 3.36. The summed E-state index contributed by atoms with van der Waals surface area (Å²) in [4.78, 5) is 12.9. The molecule has 0 bridgehead atoms. The highest BCUT2D eigenvalue weighted by Crippen LogP contribution is 2.31. The van der Waals surface area contributed by atoms with E-state index in [4.69, 9.17) is 9.15 Å². The number of amides is 1. The Labute approximate surface area is 165 Å². The van der Waals surface area contributed by atoms with E-state index in [0.29, 0.717) is 34.6 Å². The zero-order valence-corrected chi connectivity index (χ0v) is 17.2. The van der Waals surface area contributed by atoms with Crippen LogP contribution < -0.4 is 10.1 Å². The number of carbonyl (C=O) groups is 1. The minimum absolute atomic E-state index is 0.0240. The molecule has 0 saturated heterocycles. The van der Waals surface area contributed by atoms with E-state index < -0.39 is 15.7 Å². The largest absolute Gasteiger partial charge is 0.492 e. The highest BCUT2D eigenvalue weighted by Gasteiger charge is 2.24. The van der Waals surface area contributed by atoms with Crippen molar-refractivity contribution in [3.05, 3.63) is 58.3 Å². The van der Waals surface area contributed by atoms with Gasteiger partial charge in [-0.3, -0.25) is 4.79 Å². The number of nitrogens with one attached hydrogen (secondary N) is 1. The van der Waals surface area contributed by atoms with E-state index in [0.717, 1.165) is 10.7 Å². The van der Waals surface area contributed by atoms with Gasteiger partial charge in [-0.2, -0.15) is 0 Å². The van der Waals surface area contributed by atoms with Gasteiger partial charge in [0.05, 0.1) is 18.0 Å². The van der Waals surface area contributed by atoms with Crippen molar-refractivity contribution >= 4 is 48.3 Å². The van der Waals surface area contributed by atoms with E-state index in [-0.39, 0.29) is 11.5 Å². The van der Waals surface area contributed by atoms with Gasteiger partial charge in [0.15, 0.2) is 15.6 Å². The zero-order valence-electron chi connectivity index (χ0n) is 14.8. The quantitative estimate of drug-likeness (QED) is 0.600. The molecule has 8 heteroatoms. The molecule has 1 aromatic heterocycles. The van der Waals surface area contributed by atoms with Crippen molar-refractivity contribution in [1.29, 1.82) is 0 Å². The van der Waals surface area contributed by atoms with Gasteiger partial charge in [0, 0.05) is 21.7 Å². The zero-order chi connectivity index (χ0) is 19.6. The fraction of sp³-hybridized carbons (Fsp3) is 0.211. The molecule has 3 rings (SSSR count). The van der Waals surface area contributed by atoms with Crippen LogP contribution in [0, 0.1) is 0 Å². The van der Waals surface area contributed by atoms with Gasteiger partial charge in [-0.05, 0) is 31.2 Å². The van der Waals surface area contributed by atoms with Crippen molar-refractivity contribution in [2.75, 3.05) is 18.2 Å². The molecule has 3 aromatic rings. The number of benzene rings is 2. The van der Waals surface area contributed by atoms with Crippen molar-refractivity contribution in [3.63, 3.8) is 0 Å². The van der Waals surface area contributed by atoms with E-state index in [2.05, 4.69) is 21.2 Å².